The van der Waals surface area contributed by atoms with Crippen LogP contribution in [0.15, 0.2) is 18.3 Å². The van der Waals surface area contributed by atoms with Crippen LogP contribution in [0.5, 0.6) is 0 Å². The van der Waals surface area contributed by atoms with Crippen LogP contribution in [0.3, 0.4) is 0 Å². The molecule has 2 aromatic heterocycles. The van der Waals surface area contributed by atoms with Gasteiger partial charge in [-0.05, 0) is 25.5 Å². The van der Waals surface area contributed by atoms with Gasteiger partial charge in [-0.2, -0.15) is 5.10 Å². The van der Waals surface area contributed by atoms with Crippen molar-refractivity contribution in [3.05, 3.63) is 35.4 Å². The molecule has 0 saturated carbocycles. The van der Waals surface area contributed by atoms with Gasteiger partial charge in [0, 0.05) is 5.69 Å². The fourth-order valence-electron chi connectivity index (χ4n) is 1.56. The third kappa shape index (κ3) is 2.32. The van der Waals surface area contributed by atoms with Gasteiger partial charge < -0.3 is 11.1 Å². The van der Waals surface area contributed by atoms with Crippen molar-refractivity contribution in [1.29, 1.82) is 0 Å². The topological polar surface area (TPSA) is 96.7 Å². The van der Waals surface area contributed by atoms with Gasteiger partial charge in [0.1, 0.15) is 0 Å². The number of rotatable bonds is 3. The number of nitrogens with zero attached hydrogens (tertiary/aromatic N) is 2. The Morgan fingerprint density at radius 2 is 2.28 bits per heavy atom. The van der Waals surface area contributed by atoms with Crippen molar-refractivity contribution in [2.75, 3.05) is 11.1 Å². The summed E-state index contributed by atoms with van der Waals surface area (Å²) in [6.45, 7) is 3.82. The minimum absolute atomic E-state index is 0.215. The maximum absolute atomic E-state index is 11.9. The van der Waals surface area contributed by atoms with E-state index in [2.05, 4.69) is 20.5 Å². The summed E-state index contributed by atoms with van der Waals surface area (Å²) in [6.07, 6.45) is 2.30. The lowest BCUT2D eigenvalue weighted by Gasteiger charge is -2.03. The second kappa shape index (κ2) is 4.87. The third-order valence-corrected chi connectivity index (χ3v) is 2.62. The van der Waals surface area contributed by atoms with Gasteiger partial charge in [-0.1, -0.05) is 6.92 Å². The molecule has 6 nitrogen and oxygen atoms in total. The highest BCUT2D eigenvalue weighted by atomic mass is 16.2. The van der Waals surface area contributed by atoms with Crippen LogP contribution in [0.1, 0.15) is 28.8 Å². The van der Waals surface area contributed by atoms with Crippen LogP contribution in [0.2, 0.25) is 0 Å². The van der Waals surface area contributed by atoms with Crippen molar-refractivity contribution in [1.82, 2.24) is 15.2 Å². The molecule has 0 atom stereocenters. The molecule has 94 valence electrons. The molecule has 0 aliphatic heterocycles. The number of aromatic nitrogens is 3. The molecule has 18 heavy (non-hydrogen) atoms. The van der Waals surface area contributed by atoms with Gasteiger partial charge in [0.15, 0.2) is 5.69 Å². The summed E-state index contributed by atoms with van der Waals surface area (Å²) < 4.78 is 0. The first-order valence-electron chi connectivity index (χ1n) is 5.68. The minimum atomic E-state index is -0.339. The first kappa shape index (κ1) is 12.1. The number of hydrogen-bond acceptors (Lipinski definition) is 4. The van der Waals surface area contributed by atoms with E-state index in [0.29, 0.717) is 17.8 Å². The van der Waals surface area contributed by atoms with Gasteiger partial charge in [-0.25, -0.2) is 0 Å². The van der Waals surface area contributed by atoms with E-state index < -0.39 is 0 Å². The maximum Gasteiger partial charge on any atom is 0.278 e. The molecule has 0 fully saturated rings. The molecule has 1 amide bonds. The number of anilines is 2. The van der Waals surface area contributed by atoms with Crippen LogP contribution in [-0.2, 0) is 6.42 Å². The molecule has 0 aliphatic rings. The van der Waals surface area contributed by atoms with E-state index in [1.165, 1.54) is 0 Å². The molecule has 0 bridgehead atoms. The fraction of sp³-hybridized carbons (Fsp3) is 0.250. The molecule has 0 spiro atoms. The summed E-state index contributed by atoms with van der Waals surface area (Å²) in [5.41, 5.74) is 8.71. The number of aromatic amines is 1. The highest BCUT2D eigenvalue weighted by Gasteiger charge is 2.16. The summed E-state index contributed by atoms with van der Waals surface area (Å²) in [7, 11) is 0. The number of nitrogens with one attached hydrogen (secondary N) is 2. The zero-order chi connectivity index (χ0) is 13.1. The van der Waals surface area contributed by atoms with Gasteiger partial charge in [0.2, 0.25) is 0 Å². The van der Waals surface area contributed by atoms with E-state index in [1.54, 1.807) is 12.3 Å². The number of nitrogen functional groups attached to an aromatic ring is 1. The Bertz CT molecular complexity index is 558. The van der Waals surface area contributed by atoms with Gasteiger partial charge in [-0.15, -0.1) is 0 Å². The summed E-state index contributed by atoms with van der Waals surface area (Å²) in [6, 6.07) is 3.60. The van der Waals surface area contributed by atoms with Crippen molar-refractivity contribution in [3.63, 3.8) is 0 Å². The van der Waals surface area contributed by atoms with Crippen LogP contribution in [0, 0.1) is 6.92 Å². The quantitative estimate of drug-likeness (QED) is 0.763. The first-order chi connectivity index (χ1) is 8.61. The van der Waals surface area contributed by atoms with E-state index in [1.807, 2.05) is 19.9 Å². The second-order valence-electron chi connectivity index (χ2n) is 3.96. The van der Waals surface area contributed by atoms with Crippen LogP contribution < -0.4 is 11.1 Å². The molecule has 2 rings (SSSR count). The summed E-state index contributed by atoms with van der Waals surface area (Å²) in [5.74, 6) is -0.339. The molecule has 0 aromatic carbocycles. The Kier molecular flexibility index (Phi) is 3.27. The molecular weight excluding hydrogens is 230 g/mol. The molecule has 0 saturated heterocycles. The van der Waals surface area contributed by atoms with Crippen molar-refractivity contribution < 1.29 is 4.79 Å². The SMILES string of the molecule is CCc1[nH]nc(C(=O)Nc2ccc(C)nc2)c1N. The Balaban J connectivity index is 2.16. The molecule has 4 N–H and O–H groups in total. The predicted octanol–water partition coefficient (Wildman–Crippen LogP) is 1.51. The van der Waals surface area contributed by atoms with Crippen LogP contribution in [0.25, 0.3) is 0 Å². The average Bonchev–Trinajstić information content (AvgIpc) is 2.73. The van der Waals surface area contributed by atoms with Crippen molar-refractivity contribution in [2.24, 2.45) is 0 Å². The molecule has 2 heterocycles. The number of H-pyrrole nitrogens is 1. The normalized spacial score (nSPS) is 10.3. The molecule has 6 heteroatoms. The number of pyridine rings is 1. The number of carbonyl (C=O) groups excluding carboxylic acids is 1. The first-order valence-corrected chi connectivity index (χ1v) is 5.68. The standard InChI is InChI=1S/C12H15N5O/c1-3-9-10(13)11(17-16-9)12(18)15-8-5-4-7(2)14-6-8/h4-6H,3,13H2,1-2H3,(H,15,18)(H,16,17). The number of carbonyl (C=O) groups is 1. The van der Waals surface area contributed by atoms with Crippen LogP contribution in [-0.4, -0.2) is 21.1 Å². The van der Waals surface area contributed by atoms with E-state index in [4.69, 9.17) is 5.73 Å². The second-order valence-corrected chi connectivity index (χ2v) is 3.96. The number of amides is 1. The maximum atomic E-state index is 11.9. The fourth-order valence-corrected chi connectivity index (χ4v) is 1.56. The number of aryl methyl sites for hydroxylation is 2. The Morgan fingerprint density at radius 1 is 1.50 bits per heavy atom. The van der Waals surface area contributed by atoms with Gasteiger partial charge >= 0.3 is 0 Å². The highest BCUT2D eigenvalue weighted by molar-refractivity contribution is 6.06. The van der Waals surface area contributed by atoms with Gasteiger partial charge in [0.05, 0.1) is 23.3 Å². The lowest BCUT2D eigenvalue weighted by atomic mass is 10.2. The molecule has 2 aromatic rings. The molecule has 0 aliphatic carbocycles. The molecule has 0 radical (unpaired) electrons. The van der Waals surface area contributed by atoms with Crippen molar-refractivity contribution in [3.8, 4) is 0 Å². The molecule has 0 unspecified atom stereocenters. The largest absolute Gasteiger partial charge is 0.395 e. The minimum Gasteiger partial charge on any atom is -0.395 e. The average molecular weight is 245 g/mol. The summed E-state index contributed by atoms with van der Waals surface area (Å²) in [5, 5.41) is 9.37. The Morgan fingerprint density at radius 3 is 2.83 bits per heavy atom. The van der Waals surface area contributed by atoms with Gasteiger partial charge in [0.25, 0.3) is 5.91 Å². The third-order valence-electron chi connectivity index (χ3n) is 2.62. The number of nitrogens with two attached hydrogens (primary N) is 1. The van der Waals surface area contributed by atoms with E-state index in [-0.39, 0.29) is 11.6 Å². The number of hydrogen-bond donors (Lipinski definition) is 3. The van der Waals surface area contributed by atoms with Crippen LogP contribution in [0.4, 0.5) is 11.4 Å². The zero-order valence-corrected chi connectivity index (χ0v) is 10.3. The highest BCUT2D eigenvalue weighted by Crippen LogP contribution is 2.16. The lowest BCUT2D eigenvalue weighted by Crippen LogP contribution is -2.14. The van der Waals surface area contributed by atoms with E-state index >= 15 is 0 Å². The molecular formula is C12H15N5O. The lowest BCUT2D eigenvalue weighted by molar-refractivity contribution is 0.102. The van der Waals surface area contributed by atoms with Crippen LogP contribution >= 0.6 is 0 Å². The predicted molar refractivity (Wildman–Crippen MR) is 69.3 cm³/mol. The Labute approximate surface area is 105 Å². The monoisotopic (exact) mass is 245 g/mol. The summed E-state index contributed by atoms with van der Waals surface area (Å²) in [4.78, 5) is 16.0. The van der Waals surface area contributed by atoms with E-state index in [9.17, 15) is 4.79 Å². The summed E-state index contributed by atoms with van der Waals surface area (Å²) >= 11 is 0. The van der Waals surface area contributed by atoms with E-state index in [0.717, 1.165) is 11.4 Å². The Hall–Kier alpha value is -2.37. The van der Waals surface area contributed by atoms with Gasteiger partial charge in [-0.3, -0.25) is 14.9 Å². The smallest absolute Gasteiger partial charge is 0.278 e. The zero-order valence-electron chi connectivity index (χ0n) is 10.3. The van der Waals surface area contributed by atoms with Crippen molar-refractivity contribution in [2.45, 2.75) is 20.3 Å². The van der Waals surface area contributed by atoms with Crippen molar-refractivity contribution >= 4 is 17.3 Å².